The molecule has 22 heavy (non-hydrogen) atoms. The van der Waals surface area contributed by atoms with Crippen molar-refractivity contribution in [2.24, 2.45) is 0 Å². The Hall–Kier alpha value is -1.20. The Labute approximate surface area is 139 Å². The molecule has 0 aromatic heterocycles. The second kappa shape index (κ2) is 8.44. The van der Waals surface area contributed by atoms with Gasteiger partial charge in [0.15, 0.2) is 0 Å². The number of carbonyl (C=O) groups excluding carboxylic acids is 2. The van der Waals surface area contributed by atoms with E-state index in [1.165, 1.54) is 0 Å². The number of halogens is 1. The minimum atomic E-state index is -0.399. The van der Waals surface area contributed by atoms with Crippen LogP contribution in [0.2, 0.25) is 5.02 Å². The summed E-state index contributed by atoms with van der Waals surface area (Å²) >= 11 is 7.02. The van der Waals surface area contributed by atoms with Crippen LogP contribution in [0.4, 0.5) is 4.79 Å². The molecule has 1 aromatic carbocycles. The van der Waals surface area contributed by atoms with Crippen molar-refractivity contribution in [1.82, 2.24) is 0 Å². The molecule has 0 bridgehead atoms. The van der Waals surface area contributed by atoms with Gasteiger partial charge in [-0.2, -0.15) is 0 Å². The van der Waals surface area contributed by atoms with Crippen molar-refractivity contribution in [2.45, 2.75) is 44.0 Å². The smallest absolute Gasteiger partial charge is 0.367 e. The maximum atomic E-state index is 12.2. The molecular formula is C16H19ClO4S. The second-order valence-corrected chi connectivity index (χ2v) is 6.69. The van der Waals surface area contributed by atoms with Crippen molar-refractivity contribution >= 4 is 34.6 Å². The van der Waals surface area contributed by atoms with E-state index in [0.29, 0.717) is 17.2 Å². The van der Waals surface area contributed by atoms with E-state index in [-0.39, 0.29) is 16.7 Å². The van der Waals surface area contributed by atoms with Crippen LogP contribution in [0.25, 0.3) is 0 Å². The number of carbonyl (C=O) groups is 2. The molecule has 0 heterocycles. The lowest BCUT2D eigenvalue weighted by Crippen LogP contribution is -2.33. The van der Waals surface area contributed by atoms with Crippen molar-refractivity contribution < 1.29 is 19.1 Å². The van der Waals surface area contributed by atoms with Crippen LogP contribution in [0.15, 0.2) is 24.3 Å². The summed E-state index contributed by atoms with van der Waals surface area (Å²) in [5.41, 5.74) is 0.429. The second-order valence-electron chi connectivity index (χ2n) is 5.08. The summed E-state index contributed by atoms with van der Waals surface area (Å²) in [4.78, 5) is 23.9. The maximum Gasteiger partial charge on any atom is 0.367 e. The van der Waals surface area contributed by atoms with Gasteiger partial charge in [-0.3, -0.25) is 0 Å². The zero-order valence-corrected chi connectivity index (χ0v) is 14.0. The highest BCUT2D eigenvalue weighted by Crippen LogP contribution is 2.32. The van der Waals surface area contributed by atoms with E-state index >= 15 is 0 Å². The van der Waals surface area contributed by atoms with Crippen molar-refractivity contribution in [1.29, 1.82) is 0 Å². The molecular weight excluding hydrogens is 324 g/mol. The molecule has 0 spiro atoms. The molecule has 1 fully saturated rings. The molecule has 1 aliphatic carbocycles. The Balaban J connectivity index is 1.98. The minimum Gasteiger partial charge on any atom is -0.458 e. The Kier molecular flexibility index (Phi) is 6.58. The lowest BCUT2D eigenvalue weighted by atomic mass is 9.97. The zero-order valence-electron chi connectivity index (χ0n) is 12.4. The van der Waals surface area contributed by atoms with Gasteiger partial charge in [0.05, 0.1) is 17.4 Å². The highest BCUT2D eigenvalue weighted by Gasteiger charge is 2.31. The van der Waals surface area contributed by atoms with Gasteiger partial charge in [-0.15, -0.1) is 0 Å². The SMILES string of the molecule is CCOC(=O)SC1CCCCC1OC(=O)c1cccc(Cl)c1. The first-order chi connectivity index (χ1) is 10.6. The zero-order chi connectivity index (χ0) is 15.9. The number of rotatable bonds is 4. The Bertz CT molecular complexity index is 535. The molecule has 0 amide bonds. The summed E-state index contributed by atoms with van der Waals surface area (Å²) in [6, 6.07) is 6.67. The quantitative estimate of drug-likeness (QED) is 0.742. The van der Waals surface area contributed by atoms with Crippen molar-refractivity contribution in [3.05, 3.63) is 34.9 Å². The van der Waals surface area contributed by atoms with Crippen LogP contribution in [0.3, 0.4) is 0 Å². The monoisotopic (exact) mass is 342 g/mol. The largest absolute Gasteiger partial charge is 0.458 e. The van der Waals surface area contributed by atoms with Gasteiger partial charge in [0.1, 0.15) is 6.10 Å². The first-order valence-electron chi connectivity index (χ1n) is 7.40. The Morgan fingerprint density at radius 2 is 2.09 bits per heavy atom. The minimum absolute atomic E-state index is 0.0454. The third-order valence-corrected chi connectivity index (χ3v) is 4.86. The number of hydrogen-bond donors (Lipinski definition) is 0. The molecule has 1 aromatic rings. The van der Waals surface area contributed by atoms with Crippen LogP contribution in [-0.2, 0) is 9.47 Å². The van der Waals surface area contributed by atoms with Crippen LogP contribution in [0, 0.1) is 0 Å². The normalized spacial score (nSPS) is 21.2. The molecule has 2 unspecified atom stereocenters. The van der Waals surface area contributed by atoms with E-state index in [9.17, 15) is 9.59 Å². The third-order valence-electron chi connectivity index (χ3n) is 3.47. The fourth-order valence-corrected chi connectivity index (χ4v) is 3.68. The van der Waals surface area contributed by atoms with Gasteiger partial charge in [0.25, 0.3) is 0 Å². The van der Waals surface area contributed by atoms with Gasteiger partial charge in [-0.1, -0.05) is 24.1 Å². The van der Waals surface area contributed by atoms with Gasteiger partial charge < -0.3 is 9.47 Å². The van der Waals surface area contributed by atoms with Crippen LogP contribution in [0.1, 0.15) is 43.0 Å². The maximum absolute atomic E-state index is 12.2. The molecule has 0 N–H and O–H groups in total. The first kappa shape index (κ1) is 17.2. The van der Waals surface area contributed by atoms with Crippen molar-refractivity contribution in [3.63, 3.8) is 0 Å². The molecule has 0 radical (unpaired) electrons. The lowest BCUT2D eigenvalue weighted by molar-refractivity contribution is 0.0229. The number of esters is 1. The molecule has 0 saturated heterocycles. The first-order valence-corrected chi connectivity index (χ1v) is 8.66. The number of benzene rings is 1. The van der Waals surface area contributed by atoms with Crippen LogP contribution < -0.4 is 0 Å². The van der Waals surface area contributed by atoms with E-state index in [1.54, 1.807) is 31.2 Å². The molecule has 1 aliphatic rings. The summed E-state index contributed by atoms with van der Waals surface area (Å²) in [5.74, 6) is -0.399. The predicted octanol–water partition coefficient (Wildman–Crippen LogP) is 4.70. The fourth-order valence-electron chi connectivity index (χ4n) is 2.43. The summed E-state index contributed by atoms with van der Waals surface area (Å²) < 4.78 is 10.6. The average molecular weight is 343 g/mol. The van der Waals surface area contributed by atoms with Crippen molar-refractivity contribution in [2.75, 3.05) is 6.61 Å². The fraction of sp³-hybridized carbons (Fsp3) is 0.500. The van der Waals surface area contributed by atoms with Gasteiger partial charge >= 0.3 is 11.3 Å². The standard InChI is InChI=1S/C16H19ClO4S/c1-2-20-16(19)22-14-9-4-3-8-13(14)21-15(18)11-6-5-7-12(17)10-11/h5-7,10,13-14H,2-4,8-9H2,1H3. The predicted molar refractivity (Wildman–Crippen MR) is 87.5 cm³/mol. The van der Waals surface area contributed by atoms with E-state index in [4.69, 9.17) is 21.1 Å². The lowest BCUT2D eigenvalue weighted by Gasteiger charge is -2.29. The Morgan fingerprint density at radius 1 is 1.32 bits per heavy atom. The van der Waals surface area contributed by atoms with Gasteiger partial charge in [-0.25, -0.2) is 9.59 Å². The van der Waals surface area contributed by atoms with Gasteiger partial charge in [0, 0.05) is 5.02 Å². The summed E-state index contributed by atoms with van der Waals surface area (Å²) in [7, 11) is 0. The van der Waals surface area contributed by atoms with Crippen molar-refractivity contribution in [3.8, 4) is 0 Å². The Morgan fingerprint density at radius 3 is 2.82 bits per heavy atom. The average Bonchev–Trinajstić information content (AvgIpc) is 2.49. The van der Waals surface area contributed by atoms with Crippen LogP contribution in [-0.4, -0.2) is 29.2 Å². The third kappa shape index (κ3) is 4.92. The van der Waals surface area contributed by atoms with Crippen LogP contribution in [0.5, 0.6) is 0 Å². The molecule has 2 atom stereocenters. The number of thioether (sulfide) groups is 1. The molecule has 4 nitrogen and oxygen atoms in total. The van der Waals surface area contributed by atoms with Gasteiger partial charge in [-0.05, 0) is 56.1 Å². The number of hydrogen-bond acceptors (Lipinski definition) is 5. The molecule has 120 valence electrons. The molecule has 0 aliphatic heterocycles. The summed E-state index contributed by atoms with van der Waals surface area (Å²) in [5, 5.41) is 0.143. The van der Waals surface area contributed by atoms with E-state index in [2.05, 4.69) is 0 Å². The summed E-state index contributed by atoms with van der Waals surface area (Å²) in [6.07, 6.45) is 3.37. The molecule has 2 rings (SSSR count). The highest BCUT2D eigenvalue weighted by molar-refractivity contribution is 8.13. The van der Waals surface area contributed by atoms with E-state index < -0.39 is 5.97 Å². The highest BCUT2D eigenvalue weighted by atomic mass is 35.5. The summed E-state index contributed by atoms with van der Waals surface area (Å²) in [6.45, 7) is 2.13. The number of ether oxygens (including phenoxy) is 2. The van der Waals surface area contributed by atoms with E-state index in [0.717, 1.165) is 37.4 Å². The van der Waals surface area contributed by atoms with Gasteiger partial charge in [0.2, 0.25) is 0 Å². The van der Waals surface area contributed by atoms with Crippen LogP contribution >= 0.6 is 23.4 Å². The molecule has 1 saturated carbocycles. The van der Waals surface area contributed by atoms with E-state index in [1.807, 2.05) is 0 Å². The topological polar surface area (TPSA) is 52.6 Å². The molecule has 6 heteroatoms.